The van der Waals surface area contributed by atoms with Crippen molar-refractivity contribution in [2.75, 3.05) is 7.11 Å². The SMILES string of the molecule is COc1ccc([C@@H]2C(C(=O)OC(C)C)=C(C)N=c3s/c(=C\c4ccc(-c5ccc(F)c([N+](=O)[O-])c5)o4)c(=O)n32)cc1. The van der Waals surface area contributed by atoms with Crippen LogP contribution in [0.25, 0.3) is 17.4 Å². The number of ether oxygens (including phenoxy) is 2. The number of thiazole rings is 1. The largest absolute Gasteiger partial charge is 0.497 e. The molecule has 2 aromatic carbocycles. The maximum atomic E-state index is 13.8. The molecule has 4 aromatic rings. The molecule has 1 aliphatic rings. The lowest BCUT2D eigenvalue weighted by Crippen LogP contribution is -2.40. The Morgan fingerprint density at radius 1 is 1.20 bits per heavy atom. The lowest BCUT2D eigenvalue weighted by molar-refractivity contribution is -0.387. The van der Waals surface area contributed by atoms with Crippen molar-refractivity contribution < 1.29 is 28.0 Å². The van der Waals surface area contributed by atoms with Gasteiger partial charge in [0.05, 0.1) is 40.0 Å². The van der Waals surface area contributed by atoms with Crippen molar-refractivity contribution in [2.45, 2.75) is 32.9 Å². The van der Waals surface area contributed by atoms with Crippen LogP contribution in [0.15, 0.2) is 80.1 Å². The maximum Gasteiger partial charge on any atom is 0.338 e. The fraction of sp³-hybridized carbons (Fsp3) is 0.207. The number of furan rings is 1. The number of nitro groups is 1. The molecule has 0 saturated heterocycles. The van der Waals surface area contributed by atoms with E-state index in [4.69, 9.17) is 13.9 Å². The van der Waals surface area contributed by atoms with E-state index < -0.39 is 34.0 Å². The summed E-state index contributed by atoms with van der Waals surface area (Å²) in [6.07, 6.45) is 1.15. The molecular formula is C29H24FN3O7S. The van der Waals surface area contributed by atoms with Crippen LogP contribution in [0.3, 0.4) is 0 Å². The first-order valence-corrected chi connectivity index (χ1v) is 13.3. The number of nitrogens with zero attached hydrogens (tertiary/aromatic N) is 3. The molecule has 3 heterocycles. The van der Waals surface area contributed by atoms with Gasteiger partial charge in [0.2, 0.25) is 5.82 Å². The van der Waals surface area contributed by atoms with E-state index in [0.717, 1.165) is 23.5 Å². The number of halogens is 1. The Labute approximate surface area is 236 Å². The van der Waals surface area contributed by atoms with E-state index in [-0.39, 0.29) is 17.4 Å². The van der Waals surface area contributed by atoms with Gasteiger partial charge >= 0.3 is 11.7 Å². The Hall–Kier alpha value is -4.84. The van der Waals surface area contributed by atoms with Gasteiger partial charge in [-0.25, -0.2) is 9.79 Å². The van der Waals surface area contributed by atoms with Crippen molar-refractivity contribution in [3.05, 3.63) is 113 Å². The van der Waals surface area contributed by atoms with Gasteiger partial charge in [0.15, 0.2) is 4.80 Å². The minimum absolute atomic E-state index is 0.251. The van der Waals surface area contributed by atoms with Crippen molar-refractivity contribution in [3.63, 3.8) is 0 Å². The molecule has 1 aliphatic heterocycles. The maximum absolute atomic E-state index is 13.8. The number of nitro benzene ring substituents is 1. The highest BCUT2D eigenvalue weighted by molar-refractivity contribution is 7.07. The van der Waals surface area contributed by atoms with Gasteiger partial charge < -0.3 is 13.9 Å². The molecule has 0 amide bonds. The van der Waals surface area contributed by atoms with Gasteiger partial charge in [0.1, 0.15) is 17.3 Å². The second-order valence-electron chi connectivity index (χ2n) is 9.43. The second kappa shape index (κ2) is 11.0. The van der Waals surface area contributed by atoms with Crippen molar-refractivity contribution in [1.82, 2.24) is 4.57 Å². The molecule has 0 fully saturated rings. The summed E-state index contributed by atoms with van der Waals surface area (Å²) >= 11 is 1.13. The normalized spacial score (nSPS) is 15.1. The molecule has 0 aliphatic carbocycles. The van der Waals surface area contributed by atoms with E-state index in [2.05, 4.69) is 4.99 Å². The Balaban J connectivity index is 1.61. The predicted molar refractivity (Wildman–Crippen MR) is 149 cm³/mol. The van der Waals surface area contributed by atoms with E-state index in [9.17, 15) is 24.1 Å². The van der Waals surface area contributed by atoms with Crippen LogP contribution < -0.4 is 19.6 Å². The summed E-state index contributed by atoms with van der Waals surface area (Å²) < 4.78 is 32.1. The summed E-state index contributed by atoms with van der Waals surface area (Å²) in [5, 5.41) is 11.1. The number of hydrogen-bond donors (Lipinski definition) is 0. The summed E-state index contributed by atoms with van der Waals surface area (Å²) in [6, 6.07) is 12.9. The molecule has 0 spiro atoms. The van der Waals surface area contributed by atoms with Gasteiger partial charge in [-0.3, -0.25) is 19.5 Å². The molecule has 0 bridgehead atoms. The van der Waals surface area contributed by atoms with Crippen molar-refractivity contribution in [2.24, 2.45) is 4.99 Å². The Morgan fingerprint density at radius 2 is 1.93 bits per heavy atom. The number of carbonyl (C=O) groups is 1. The van der Waals surface area contributed by atoms with Crippen LogP contribution in [0.4, 0.5) is 10.1 Å². The first-order valence-electron chi connectivity index (χ1n) is 12.5. The Morgan fingerprint density at radius 3 is 2.59 bits per heavy atom. The minimum Gasteiger partial charge on any atom is -0.497 e. The first kappa shape index (κ1) is 27.7. The Bertz CT molecular complexity index is 1880. The molecule has 41 heavy (non-hydrogen) atoms. The summed E-state index contributed by atoms with van der Waals surface area (Å²) in [5.74, 6) is -0.343. The van der Waals surface area contributed by atoms with Gasteiger partial charge in [-0.2, -0.15) is 4.39 Å². The zero-order chi connectivity index (χ0) is 29.4. The monoisotopic (exact) mass is 577 g/mol. The van der Waals surface area contributed by atoms with Crippen LogP contribution in [-0.2, 0) is 9.53 Å². The number of aromatic nitrogens is 1. The number of benzene rings is 2. The molecule has 10 nitrogen and oxygen atoms in total. The van der Waals surface area contributed by atoms with E-state index in [1.54, 1.807) is 64.3 Å². The predicted octanol–water partition coefficient (Wildman–Crippen LogP) is 4.50. The van der Waals surface area contributed by atoms with E-state index in [1.807, 2.05) is 0 Å². The van der Waals surface area contributed by atoms with Crippen LogP contribution >= 0.6 is 11.3 Å². The number of hydrogen-bond acceptors (Lipinski definition) is 9. The quantitative estimate of drug-likeness (QED) is 0.180. The van der Waals surface area contributed by atoms with Gasteiger partial charge in [0.25, 0.3) is 5.56 Å². The first-order chi connectivity index (χ1) is 19.6. The number of allylic oxidation sites excluding steroid dienone is 1. The molecule has 0 radical (unpaired) electrons. The highest BCUT2D eigenvalue weighted by Gasteiger charge is 2.34. The van der Waals surface area contributed by atoms with E-state index >= 15 is 0 Å². The topological polar surface area (TPSA) is 126 Å². The fourth-order valence-corrected chi connectivity index (χ4v) is 5.51. The minimum atomic E-state index is -0.954. The molecular weight excluding hydrogens is 553 g/mol. The summed E-state index contributed by atoms with van der Waals surface area (Å²) in [5.41, 5.74) is 0.592. The van der Waals surface area contributed by atoms with Gasteiger partial charge in [-0.15, -0.1) is 0 Å². The van der Waals surface area contributed by atoms with Gasteiger partial charge in [-0.1, -0.05) is 23.5 Å². The highest BCUT2D eigenvalue weighted by atomic mass is 32.1. The lowest BCUT2D eigenvalue weighted by Gasteiger charge is -2.25. The number of rotatable bonds is 7. The summed E-state index contributed by atoms with van der Waals surface area (Å²) in [7, 11) is 1.55. The van der Waals surface area contributed by atoms with Crippen molar-refractivity contribution in [1.29, 1.82) is 0 Å². The number of fused-ring (bicyclic) bond motifs is 1. The van der Waals surface area contributed by atoms with Gasteiger partial charge in [0, 0.05) is 17.7 Å². The molecule has 0 unspecified atom stereocenters. The van der Waals surface area contributed by atoms with Crippen LogP contribution in [-0.4, -0.2) is 28.7 Å². The molecule has 2 aromatic heterocycles. The third kappa shape index (κ3) is 5.33. The number of esters is 1. The number of carbonyl (C=O) groups excluding carboxylic acids is 1. The molecule has 0 N–H and O–H groups in total. The third-order valence-electron chi connectivity index (χ3n) is 6.34. The van der Waals surface area contributed by atoms with Crippen LogP contribution in [0.5, 0.6) is 5.75 Å². The molecule has 5 rings (SSSR count). The van der Waals surface area contributed by atoms with Gasteiger partial charge in [-0.05, 0) is 62.7 Å². The molecule has 210 valence electrons. The van der Waals surface area contributed by atoms with Crippen LogP contribution in [0.2, 0.25) is 0 Å². The van der Waals surface area contributed by atoms with Crippen LogP contribution in [0, 0.1) is 15.9 Å². The lowest BCUT2D eigenvalue weighted by atomic mass is 9.96. The summed E-state index contributed by atoms with van der Waals surface area (Å²) in [4.78, 5) is 42.3. The average Bonchev–Trinajstić information content (AvgIpc) is 3.52. The molecule has 0 saturated carbocycles. The second-order valence-corrected chi connectivity index (χ2v) is 10.4. The number of methoxy groups -OCH3 is 1. The summed E-state index contributed by atoms with van der Waals surface area (Å²) in [6.45, 7) is 5.19. The van der Waals surface area contributed by atoms with Crippen LogP contribution in [0.1, 0.15) is 38.1 Å². The highest BCUT2D eigenvalue weighted by Crippen LogP contribution is 2.32. The molecule has 12 heteroatoms. The smallest absolute Gasteiger partial charge is 0.338 e. The van der Waals surface area contributed by atoms with E-state index in [1.165, 1.54) is 16.7 Å². The third-order valence-corrected chi connectivity index (χ3v) is 7.33. The fourth-order valence-electron chi connectivity index (χ4n) is 4.48. The Kier molecular flexibility index (Phi) is 7.41. The standard InChI is InChI=1S/C29H24FN3O7S/c1-15(2)39-28(35)25-16(3)31-29-32(26(25)17-5-8-19(38-4)9-6-17)27(34)24(41-29)14-20-10-12-23(40-20)18-7-11-21(30)22(13-18)33(36)37/h5-15,26H,1-4H3/b24-14-/t26-/m1/s1. The van der Waals surface area contributed by atoms with Crippen molar-refractivity contribution in [3.8, 4) is 17.1 Å². The zero-order valence-corrected chi connectivity index (χ0v) is 23.2. The van der Waals surface area contributed by atoms with E-state index in [0.29, 0.717) is 37.7 Å². The molecule has 1 atom stereocenters. The average molecular weight is 578 g/mol. The zero-order valence-electron chi connectivity index (χ0n) is 22.4. The van der Waals surface area contributed by atoms with Crippen molar-refractivity contribution >= 4 is 29.1 Å².